The fraction of sp³-hybridized carbons (Fsp3) is 0.381. The van der Waals surface area contributed by atoms with Gasteiger partial charge in [0.15, 0.2) is 0 Å². The second kappa shape index (κ2) is 10.7. The molecule has 0 radical (unpaired) electrons. The maximum Gasteiger partial charge on any atom is 0.319 e. The summed E-state index contributed by atoms with van der Waals surface area (Å²) < 4.78 is 0. The van der Waals surface area contributed by atoms with Crippen molar-refractivity contribution in [1.82, 2.24) is 20.9 Å². The molecule has 4 N–H and O–H groups in total. The highest BCUT2D eigenvalue weighted by Crippen LogP contribution is 2.08. The highest BCUT2D eigenvalue weighted by atomic mass is 16.2. The maximum absolute atomic E-state index is 12.0. The number of urea groups is 1. The van der Waals surface area contributed by atoms with Gasteiger partial charge in [0.2, 0.25) is 0 Å². The van der Waals surface area contributed by atoms with Gasteiger partial charge < -0.3 is 21.3 Å². The minimum Gasteiger partial charge on any atom is -0.334 e. The van der Waals surface area contributed by atoms with Gasteiger partial charge in [0.25, 0.3) is 0 Å². The van der Waals surface area contributed by atoms with Gasteiger partial charge >= 0.3 is 6.03 Å². The summed E-state index contributed by atoms with van der Waals surface area (Å²) in [5.74, 6) is 0. The summed E-state index contributed by atoms with van der Waals surface area (Å²) in [4.78, 5) is 14.4. The van der Waals surface area contributed by atoms with Crippen LogP contribution in [0.5, 0.6) is 0 Å². The van der Waals surface area contributed by atoms with Gasteiger partial charge in [-0.2, -0.15) is 0 Å². The minimum absolute atomic E-state index is 0.193. The van der Waals surface area contributed by atoms with E-state index in [1.165, 1.54) is 5.56 Å². The van der Waals surface area contributed by atoms with Crippen molar-refractivity contribution in [2.75, 3.05) is 44.6 Å². The van der Waals surface area contributed by atoms with E-state index in [2.05, 4.69) is 50.4 Å². The first-order valence-electron chi connectivity index (χ1n) is 9.61. The summed E-state index contributed by atoms with van der Waals surface area (Å²) in [5, 5.41) is 12.6. The van der Waals surface area contributed by atoms with Crippen molar-refractivity contribution >= 4 is 11.7 Å². The van der Waals surface area contributed by atoms with Gasteiger partial charge in [0, 0.05) is 58.0 Å². The third-order valence-electron chi connectivity index (χ3n) is 4.60. The first-order valence-corrected chi connectivity index (χ1v) is 9.61. The van der Waals surface area contributed by atoms with Gasteiger partial charge in [-0.25, -0.2) is 4.79 Å². The van der Waals surface area contributed by atoms with Gasteiger partial charge in [0.05, 0.1) is 0 Å². The Hall–Kier alpha value is -2.41. The lowest BCUT2D eigenvalue weighted by Gasteiger charge is -2.21. The molecule has 27 heavy (non-hydrogen) atoms. The Morgan fingerprint density at radius 2 is 1.48 bits per heavy atom. The molecule has 1 fully saturated rings. The third kappa shape index (κ3) is 7.02. The molecule has 1 aliphatic rings. The molecule has 0 saturated carbocycles. The predicted octanol–water partition coefficient (Wildman–Crippen LogP) is 2.00. The van der Waals surface area contributed by atoms with E-state index in [9.17, 15) is 4.79 Å². The molecule has 6 nitrogen and oxygen atoms in total. The summed E-state index contributed by atoms with van der Waals surface area (Å²) >= 11 is 0. The average molecular weight is 367 g/mol. The topological polar surface area (TPSA) is 68.4 Å². The molecule has 2 aromatic carbocycles. The number of nitrogens with zero attached hydrogens (tertiary/aromatic N) is 1. The van der Waals surface area contributed by atoms with Gasteiger partial charge in [-0.05, 0) is 23.3 Å². The number of nitrogens with one attached hydrogen (secondary N) is 4. The van der Waals surface area contributed by atoms with Crippen LogP contribution in [0.1, 0.15) is 11.1 Å². The molecule has 3 rings (SSSR count). The second-order valence-corrected chi connectivity index (χ2v) is 6.77. The molecule has 6 heteroatoms. The third-order valence-corrected chi connectivity index (χ3v) is 4.60. The highest BCUT2D eigenvalue weighted by molar-refractivity contribution is 5.89. The van der Waals surface area contributed by atoms with Crippen molar-refractivity contribution in [3.8, 4) is 0 Å². The molecule has 0 unspecified atom stereocenters. The zero-order chi connectivity index (χ0) is 18.7. The molecular formula is C21H29N5O. The summed E-state index contributed by atoms with van der Waals surface area (Å²) in [7, 11) is 0. The van der Waals surface area contributed by atoms with Crippen LogP contribution in [0.2, 0.25) is 0 Å². The average Bonchev–Trinajstić information content (AvgIpc) is 2.82. The summed E-state index contributed by atoms with van der Waals surface area (Å²) in [5.41, 5.74) is 3.18. The van der Waals surface area contributed by atoms with E-state index >= 15 is 0 Å². The van der Waals surface area contributed by atoms with E-state index in [4.69, 9.17) is 0 Å². The first-order chi connectivity index (χ1) is 13.3. The van der Waals surface area contributed by atoms with Crippen LogP contribution in [-0.4, -0.2) is 50.2 Å². The number of anilines is 1. The number of hydrogen-bond donors (Lipinski definition) is 4. The molecule has 1 saturated heterocycles. The van der Waals surface area contributed by atoms with E-state index in [0.29, 0.717) is 6.54 Å². The zero-order valence-electron chi connectivity index (χ0n) is 15.7. The molecule has 0 spiro atoms. The van der Waals surface area contributed by atoms with E-state index < -0.39 is 0 Å². The lowest BCUT2D eigenvalue weighted by molar-refractivity contribution is 0.251. The maximum atomic E-state index is 12.0. The Balaban J connectivity index is 1.44. The van der Waals surface area contributed by atoms with Gasteiger partial charge in [-0.3, -0.25) is 4.90 Å². The van der Waals surface area contributed by atoms with Crippen LogP contribution in [0.25, 0.3) is 0 Å². The highest BCUT2D eigenvalue weighted by Gasteiger charge is 2.08. The smallest absolute Gasteiger partial charge is 0.319 e. The summed E-state index contributed by atoms with van der Waals surface area (Å²) in [6.07, 6.45) is 0. The van der Waals surface area contributed by atoms with Crippen LogP contribution in [0, 0.1) is 0 Å². The quantitative estimate of drug-likeness (QED) is 0.653. The number of hydrogen-bond acceptors (Lipinski definition) is 4. The normalized spacial score (nSPS) is 16.0. The number of amides is 2. The molecule has 144 valence electrons. The van der Waals surface area contributed by atoms with Crippen molar-refractivity contribution < 1.29 is 4.79 Å². The number of benzene rings is 2. The van der Waals surface area contributed by atoms with Crippen LogP contribution >= 0.6 is 0 Å². The van der Waals surface area contributed by atoms with Gasteiger partial charge in [-0.15, -0.1) is 0 Å². The van der Waals surface area contributed by atoms with Gasteiger partial charge in [-0.1, -0.05) is 42.5 Å². The molecule has 1 heterocycles. The fourth-order valence-electron chi connectivity index (χ4n) is 3.07. The zero-order valence-corrected chi connectivity index (χ0v) is 15.7. The second-order valence-electron chi connectivity index (χ2n) is 6.77. The fourth-order valence-corrected chi connectivity index (χ4v) is 3.07. The molecule has 0 bridgehead atoms. The first kappa shape index (κ1) is 19.4. The van der Waals surface area contributed by atoms with E-state index in [-0.39, 0.29) is 6.03 Å². The molecule has 0 atom stereocenters. The Kier molecular flexibility index (Phi) is 7.65. The molecule has 0 aromatic heterocycles. The monoisotopic (exact) mass is 367 g/mol. The lowest BCUT2D eigenvalue weighted by Crippen LogP contribution is -2.33. The molecule has 2 amide bonds. The van der Waals surface area contributed by atoms with Crippen LogP contribution in [-0.2, 0) is 13.1 Å². The minimum atomic E-state index is -0.193. The molecule has 0 aliphatic carbocycles. The molecule has 1 aliphatic heterocycles. The SMILES string of the molecule is O=C(NCc1ccc(CN2CCNCCNCC2)cc1)Nc1ccccc1. The Morgan fingerprint density at radius 1 is 0.852 bits per heavy atom. The van der Waals surface area contributed by atoms with Crippen LogP contribution in [0.4, 0.5) is 10.5 Å². The van der Waals surface area contributed by atoms with Crippen molar-refractivity contribution in [3.05, 3.63) is 65.7 Å². The van der Waals surface area contributed by atoms with Crippen molar-refractivity contribution in [1.29, 1.82) is 0 Å². The number of rotatable bonds is 5. The number of para-hydroxylation sites is 1. The Morgan fingerprint density at radius 3 is 2.15 bits per heavy atom. The van der Waals surface area contributed by atoms with Crippen LogP contribution < -0.4 is 21.3 Å². The van der Waals surface area contributed by atoms with Crippen molar-refractivity contribution in [2.45, 2.75) is 13.1 Å². The molecular weight excluding hydrogens is 338 g/mol. The van der Waals surface area contributed by atoms with E-state index in [1.54, 1.807) is 0 Å². The van der Waals surface area contributed by atoms with Crippen LogP contribution in [0.15, 0.2) is 54.6 Å². The van der Waals surface area contributed by atoms with Crippen molar-refractivity contribution in [2.24, 2.45) is 0 Å². The summed E-state index contributed by atoms with van der Waals surface area (Å²) in [6, 6.07) is 17.7. The van der Waals surface area contributed by atoms with E-state index in [1.807, 2.05) is 30.3 Å². The van der Waals surface area contributed by atoms with Crippen molar-refractivity contribution in [3.63, 3.8) is 0 Å². The largest absolute Gasteiger partial charge is 0.334 e. The van der Waals surface area contributed by atoms with Crippen LogP contribution in [0.3, 0.4) is 0 Å². The number of carbonyl (C=O) groups excluding carboxylic acids is 1. The predicted molar refractivity (Wildman–Crippen MR) is 110 cm³/mol. The lowest BCUT2D eigenvalue weighted by atomic mass is 10.1. The van der Waals surface area contributed by atoms with E-state index in [0.717, 1.165) is 57.1 Å². The Labute approximate surface area is 161 Å². The standard InChI is InChI=1S/C21H29N5O/c27-21(25-20-4-2-1-3-5-20)24-16-18-6-8-19(9-7-18)17-26-14-12-22-10-11-23-13-15-26/h1-9,22-23H,10-17H2,(H2,24,25,27). The summed E-state index contributed by atoms with van der Waals surface area (Å²) in [6.45, 7) is 7.71. The molecule has 2 aromatic rings. The number of carbonyl (C=O) groups is 1. The Bertz CT molecular complexity index is 679. The van der Waals surface area contributed by atoms with Gasteiger partial charge in [0.1, 0.15) is 0 Å².